The number of carbonyl (C=O) groups excluding carboxylic acids is 1. The van der Waals surface area contributed by atoms with E-state index in [4.69, 9.17) is 0 Å². The molecular formula is C14H21FN2O. The topological polar surface area (TPSA) is 41.1 Å². The van der Waals surface area contributed by atoms with Gasteiger partial charge in [0.15, 0.2) is 0 Å². The number of hydrogen-bond donors (Lipinski definition) is 2. The normalized spacial score (nSPS) is 14.0. The minimum absolute atomic E-state index is 0.0549. The van der Waals surface area contributed by atoms with Crippen molar-refractivity contribution in [1.29, 1.82) is 0 Å². The molecule has 0 bridgehead atoms. The van der Waals surface area contributed by atoms with Crippen LogP contribution in [0.5, 0.6) is 0 Å². The number of hydrogen-bond acceptors (Lipinski definition) is 2. The third kappa shape index (κ3) is 4.45. The van der Waals surface area contributed by atoms with Crippen LogP contribution in [0.4, 0.5) is 4.39 Å². The first-order valence-corrected chi connectivity index (χ1v) is 6.31. The molecule has 0 saturated heterocycles. The lowest BCUT2D eigenvalue weighted by atomic mass is 10.2. The first-order valence-electron chi connectivity index (χ1n) is 6.31. The van der Waals surface area contributed by atoms with Crippen molar-refractivity contribution in [3.63, 3.8) is 0 Å². The first kappa shape index (κ1) is 14.6. The summed E-state index contributed by atoms with van der Waals surface area (Å²) >= 11 is 0. The number of carbonyl (C=O) groups is 1. The van der Waals surface area contributed by atoms with Crippen LogP contribution in [0.15, 0.2) is 24.3 Å². The number of benzene rings is 1. The van der Waals surface area contributed by atoms with E-state index in [1.54, 1.807) is 25.1 Å². The van der Waals surface area contributed by atoms with Crippen molar-refractivity contribution >= 4 is 5.91 Å². The van der Waals surface area contributed by atoms with Crippen LogP contribution in [-0.2, 0) is 11.3 Å². The third-order valence-corrected chi connectivity index (χ3v) is 2.95. The highest BCUT2D eigenvalue weighted by molar-refractivity contribution is 5.81. The highest BCUT2D eigenvalue weighted by Crippen LogP contribution is 2.05. The molecule has 0 saturated carbocycles. The molecule has 0 aromatic heterocycles. The number of amides is 1. The maximum atomic E-state index is 13.4. The van der Waals surface area contributed by atoms with Gasteiger partial charge in [0.1, 0.15) is 5.82 Å². The molecule has 4 heteroatoms. The van der Waals surface area contributed by atoms with Crippen molar-refractivity contribution in [1.82, 2.24) is 10.6 Å². The van der Waals surface area contributed by atoms with Crippen LogP contribution in [0.2, 0.25) is 0 Å². The summed E-state index contributed by atoms with van der Waals surface area (Å²) in [5.41, 5.74) is 0.570. The van der Waals surface area contributed by atoms with Gasteiger partial charge in [0.2, 0.25) is 5.91 Å². The molecule has 0 aliphatic rings. The van der Waals surface area contributed by atoms with Gasteiger partial charge in [-0.1, -0.05) is 25.1 Å². The van der Waals surface area contributed by atoms with Gasteiger partial charge in [0, 0.05) is 18.2 Å². The zero-order chi connectivity index (χ0) is 13.5. The van der Waals surface area contributed by atoms with Crippen LogP contribution in [-0.4, -0.2) is 18.0 Å². The largest absolute Gasteiger partial charge is 0.352 e. The zero-order valence-electron chi connectivity index (χ0n) is 11.2. The van der Waals surface area contributed by atoms with Gasteiger partial charge in [-0.15, -0.1) is 0 Å². The second kappa shape index (κ2) is 7.11. The van der Waals surface area contributed by atoms with E-state index in [-0.39, 0.29) is 23.8 Å². The second-order valence-corrected chi connectivity index (χ2v) is 4.51. The Bertz CT molecular complexity index is 395. The van der Waals surface area contributed by atoms with Crippen molar-refractivity contribution in [2.75, 3.05) is 0 Å². The molecule has 3 nitrogen and oxygen atoms in total. The van der Waals surface area contributed by atoms with Crippen molar-refractivity contribution in [2.45, 2.75) is 45.8 Å². The van der Waals surface area contributed by atoms with Gasteiger partial charge in [0.25, 0.3) is 0 Å². The van der Waals surface area contributed by atoms with Gasteiger partial charge in [-0.25, -0.2) is 4.39 Å². The molecule has 1 rings (SSSR count). The summed E-state index contributed by atoms with van der Waals surface area (Å²) in [5.74, 6) is -0.305. The molecule has 2 N–H and O–H groups in total. The molecule has 2 unspecified atom stereocenters. The van der Waals surface area contributed by atoms with Crippen LogP contribution in [0.25, 0.3) is 0 Å². The number of halogens is 1. The quantitative estimate of drug-likeness (QED) is 0.815. The Labute approximate surface area is 108 Å². The van der Waals surface area contributed by atoms with Crippen LogP contribution in [0.3, 0.4) is 0 Å². The maximum absolute atomic E-state index is 13.4. The van der Waals surface area contributed by atoms with Crippen LogP contribution in [0, 0.1) is 5.82 Å². The van der Waals surface area contributed by atoms with Gasteiger partial charge >= 0.3 is 0 Å². The van der Waals surface area contributed by atoms with E-state index in [9.17, 15) is 9.18 Å². The molecule has 0 aliphatic carbocycles. The van der Waals surface area contributed by atoms with Crippen molar-refractivity contribution in [2.24, 2.45) is 0 Å². The summed E-state index contributed by atoms with van der Waals surface area (Å²) in [6, 6.07) is 6.39. The molecule has 18 heavy (non-hydrogen) atoms. The Kier molecular flexibility index (Phi) is 5.78. The lowest BCUT2D eigenvalue weighted by Gasteiger charge is -2.17. The molecule has 2 atom stereocenters. The lowest BCUT2D eigenvalue weighted by Crippen LogP contribution is -2.45. The highest BCUT2D eigenvalue weighted by Gasteiger charge is 2.14. The van der Waals surface area contributed by atoms with Crippen molar-refractivity contribution < 1.29 is 9.18 Å². The van der Waals surface area contributed by atoms with Gasteiger partial charge in [-0.05, 0) is 26.3 Å². The van der Waals surface area contributed by atoms with Crippen LogP contribution >= 0.6 is 0 Å². The summed E-state index contributed by atoms with van der Waals surface area (Å²) < 4.78 is 13.4. The molecule has 0 aliphatic heterocycles. The number of rotatable bonds is 6. The van der Waals surface area contributed by atoms with E-state index >= 15 is 0 Å². The van der Waals surface area contributed by atoms with E-state index < -0.39 is 0 Å². The van der Waals surface area contributed by atoms with Gasteiger partial charge in [0.05, 0.1) is 6.04 Å². The Morgan fingerprint density at radius 3 is 2.61 bits per heavy atom. The van der Waals surface area contributed by atoms with E-state index in [1.807, 2.05) is 13.8 Å². The predicted molar refractivity (Wildman–Crippen MR) is 70.6 cm³/mol. The van der Waals surface area contributed by atoms with Gasteiger partial charge in [-0.3, -0.25) is 4.79 Å². The lowest BCUT2D eigenvalue weighted by molar-refractivity contribution is -0.123. The third-order valence-electron chi connectivity index (χ3n) is 2.95. The van der Waals surface area contributed by atoms with E-state index in [0.29, 0.717) is 12.1 Å². The smallest absolute Gasteiger partial charge is 0.237 e. The Balaban J connectivity index is 2.44. The number of nitrogens with one attached hydrogen (secondary N) is 2. The van der Waals surface area contributed by atoms with Crippen molar-refractivity contribution in [3.05, 3.63) is 35.6 Å². The Morgan fingerprint density at radius 1 is 1.33 bits per heavy atom. The molecule has 1 aromatic carbocycles. The average molecular weight is 252 g/mol. The van der Waals surface area contributed by atoms with Gasteiger partial charge < -0.3 is 10.6 Å². The Morgan fingerprint density at radius 2 is 2.00 bits per heavy atom. The minimum atomic E-state index is -0.335. The molecule has 0 spiro atoms. The fourth-order valence-electron chi connectivity index (χ4n) is 1.47. The second-order valence-electron chi connectivity index (χ2n) is 4.51. The predicted octanol–water partition coefficient (Wildman–Crippen LogP) is 2.22. The molecule has 100 valence electrons. The summed E-state index contributed by atoms with van der Waals surface area (Å²) in [6.07, 6.45) is 0.895. The summed E-state index contributed by atoms with van der Waals surface area (Å²) in [5, 5.41) is 5.90. The van der Waals surface area contributed by atoms with E-state index in [1.165, 1.54) is 6.07 Å². The van der Waals surface area contributed by atoms with E-state index in [2.05, 4.69) is 10.6 Å². The molecule has 1 amide bonds. The molecule has 0 fully saturated rings. The van der Waals surface area contributed by atoms with Crippen molar-refractivity contribution in [3.8, 4) is 0 Å². The molecular weight excluding hydrogens is 231 g/mol. The van der Waals surface area contributed by atoms with Gasteiger partial charge in [-0.2, -0.15) is 0 Å². The Hall–Kier alpha value is -1.42. The summed E-state index contributed by atoms with van der Waals surface area (Å²) in [7, 11) is 0. The molecule has 0 heterocycles. The fourth-order valence-corrected chi connectivity index (χ4v) is 1.47. The zero-order valence-corrected chi connectivity index (χ0v) is 11.2. The minimum Gasteiger partial charge on any atom is -0.352 e. The highest BCUT2D eigenvalue weighted by atomic mass is 19.1. The standard InChI is InChI=1S/C14H21FN2O/c1-4-10(2)17-14(18)11(3)16-9-12-7-5-6-8-13(12)15/h5-8,10-11,16H,4,9H2,1-3H3,(H,17,18). The fraction of sp³-hybridized carbons (Fsp3) is 0.500. The van der Waals surface area contributed by atoms with Crippen LogP contribution in [0.1, 0.15) is 32.8 Å². The maximum Gasteiger partial charge on any atom is 0.237 e. The summed E-state index contributed by atoms with van der Waals surface area (Å²) in [6.45, 7) is 6.10. The first-order chi connectivity index (χ1) is 8.54. The SMILES string of the molecule is CCC(C)NC(=O)C(C)NCc1ccccc1F. The van der Waals surface area contributed by atoms with Crippen LogP contribution < -0.4 is 10.6 Å². The molecule has 1 aromatic rings. The molecule has 0 radical (unpaired) electrons. The average Bonchev–Trinajstić information content (AvgIpc) is 2.37. The summed E-state index contributed by atoms with van der Waals surface area (Å²) in [4.78, 5) is 11.8. The van der Waals surface area contributed by atoms with E-state index in [0.717, 1.165) is 6.42 Å². The monoisotopic (exact) mass is 252 g/mol.